The molecule has 0 spiro atoms. The molecule has 1 aliphatic carbocycles. The van der Waals surface area contributed by atoms with E-state index >= 15 is 0 Å². The lowest BCUT2D eigenvalue weighted by atomic mass is 9.79. The number of rotatable bonds is 4. The standard InChI is InChI=1S/C16H19NO3/c1-11-4-5-12-13(8-11)20-14(17-12)9-16(10-15(18)19)6-2-3-7-16/h4-5,8H,2-3,6-7,9-10H2,1H3,(H,18,19). The molecule has 0 bridgehead atoms. The number of hydrogen-bond acceptors (Lipinski definition) is 3. The second-order valence-corrected chi connectivity index (χ2v) is 6.03. The van der Waals surface area contributed by atoms with E-state index in [4.69, 9.17) is 9.52 Å². The fraction of sp³-hybridized carbons (Fsp3) is 0.500. The van der Waals surface area contributed by atoms with Gasteiger partial charge in [0.05, 0.1) is 6.42 Å². The fourth-order valence-electron chi connectivity index (χ4n) is 3.34. The lowest BCUT2D eigenvalue weighted by Gasteiger charge is -2.25. The van der Waals surface area contributed by atoms with Crippen LogP contribution in [0.15, 0.2) is 22.6 Å². The van der Waals surface area contributed by atoms with Crippen molar-refractivity contribution < 1.29 is 14.3 Å². The predicted molar refractivity (Wildman–Crippen MR) is 75.6 cm³/mol. The number of fused-ring (bicyclic) bond motifs is 1. The molecule has 0 radical (unpaired) electrons. The number of aryl methyl sites for hydroxylation is 1. The summed E-state index contributed by atoms with van der Waals surface area (Å²) in [5, 5.41) is 9.14. The van der Waals surface area contributed by atoms with E-state index in [1.165, 1.54) is 0 Å². The van der Waals surface area contributed by atoms with Gasteiger partial charge in [0.2, 0.25) is 0 Å². The Morgan fingerprint density at radius 2 is 2.15 bits per heavy atom. The SMILES string of the molecule is Cc1ccc2nc(CC3(CC(=O)O)CCCC3)oc2c1. The van der Waals surface area contributed by atoms with Crippen LogP contribution in [-0.2, 0) is 11.2 Å². The van der Waals surface area contributed by atoms with Gasteiger partial charge in [0.25, 0.3) is 0 Å². The highest BCUT2D eigenvalue weighted by Crippen LogP contribution is 2.44. The average Bonchev–Trinajstić information content (AvgIpc) is 2.94. The first-order valence-electron chi connectivity index (χ1n) is 7.14. The molecule has 1 fully saturated rings. The molecule has 0 amide bonds. The molecule has 1 saturated carbocycles. The van der Waals surface area contributed by atoms with Crippen molar-refractivity contribution in [2.24, 2.45) is 5.41 Å². The summed E-state index contributed by atoms with van der Waals surface area (Å²) in [6.45, 7) is 2.02. The Balaban J connectivity index is 1.88. The molecule has 2 aromatic rings. The molecular weight excluding hydrogens is 254 g/mol. The third-order valence-corrected chi connectivity index (χ3v) is 4.30. The highest BCUT2D eigenvalue weighted by Gasteiger charge is 2.37. The summed E-state index contributed by atoms with van der Waals surface area (Å²) in [6.07, 6.45) is 4.96. The van der Waals surface area contributed by atoms with Crippen molar-refractivity contribution in [3.8, 4) is 0 Å². The topological polar surface area (TPSA) is 63.3 Å². The third-order valence-electron chi connectivity index (χ3n) is 4.30. The van der Waals surface area contributed by atoms with Crippen LogP contribution < -0.4 is 0 Å². The van der Waals surface area contributed by atoms with Crippen LogP contribution in [0.25, 0.3) is 11.1 Å². The van der Waals surface area contributed by atoms with E-state index in [0.717, 1.165) is 42.3 Å². The van der Waals surface area contributed by atoms with Gasteiger partial charge in [0, 0.05) is 6.42 Å². The van der Waals surface area contributed by atoms with Gasteiger partial charge in [-0.3, -0.25) is 4.79 Å². The summed E-state index contributed by atoms with van der Waals surface area (Å²) < 4.78 is 5.81. The number of hydrogen-bond donors (Lipinski definition) is 1. The summed E-state index contributed by atoms with van der Waals surface area (Å²) in [4.78, 5) is 15.6. The molecule has 1 N–H and O–H groups in total. The second-order valence-electron chi connectivity index (χ2n) is 6.03. The van der Waals surface area contributed by atoms with Gasteiger partial charge in [-0.2, -0.15) is 0 Å². The number of benzene rings is 1. The number of aromatic nitrogens is 1. The summed E-state index contributed by atoms with van der Waals surface area (Å²) in [7, 11) is 0. The molecule has 1 aromatic heterocycles. The molecule has 3 rings (SSSR count). The van der Waals surface area contributed by atoms with Crippen molar-refractivity contribution in [2.45, 2.75) is 45.4 Å². The Morgan fingerprint density at radius 3 is 2.85 bits per heavy atom. The molecular formula is C16H19NO3. The number of carbonyl (C=O) groups is 1. The van der Waals surface area contributed by atoms with Crippen LogP contribution >= 0.6 is 0 Å². The molecule has 1 aliphatic rings. The first-order chi connectivity index (χ1) is 9.56. The van der Waals surface area contributed by atoms with Gasteiger partial charge in [0.15, 0.2) is 11.5 Å². The summed E-state index contributed by atoms with van der Waals surface area (Å²) in [5.74, 6) is -0.0485. The number of oxazole rings is 1. The van der Waals surface area contributed by atoms with Crippen molar-refractivity contribution >= 4 is 17.1 Å². The lowest BCUT2D eigenvalue weighted by molar-refractivity contribution is -0.139. The van der Waals surface area contributed by atoms with Gasteiger partial charge in [-0.05, 0) is 42.9 Å². The quantitative estimate of drug-likeness (QED) is 0.922. The number of nitrogens with zero attached hydrogens (tertiary/aromatic N) is 1. The van der Waals surface area contributed by atoms with Gasteiger partial charge in [-0.1, -0.05) is 18.9 Å². The maximum Gasteiger partial charge on any atom is 0.303 e. The highest BCUT2D eigenvalue weighted by atomic mass is 16.4. The van der Waals surface area contributed by atoms with E-state index < -0.39 is 5.97 Å². The lowest BCUT2D eigenvalue weighted by Crippen LogP contribution is -2.23. The van der Waals surface area contributed by atoms with Crippen LogP contribution in [0.2, 0.25) is 0 Å². The number of aliphatic carboxylic acids is 1. The van der Waals surface area contributed by atoms with Gasteiger partial charge >= 0.3 is 5.97 Å². The fourth-order valence-corrected chi connectivity index (χ4v) is 3.34. The zero-order valence-corrected chi connectivity index (χ0v) is 11.7. The van der Waals surface area contributed by atoms with Crippen LogP contribution in [-0.4, -0.2) is 16.1 Å². The second kappa shape index (κ2) is 4.93. The van der Waals surface area contributed by atoms with Crippen molar-refractivity contribution in [3.05, 3.63) is 29.7 Å². The Hall–Kier alpha value is -1.84. The van der Waals surface area contributed by atoms with Crippen molar-refractivity contribution in [1.29, 1.82) is 0 Å². The van der Waals surface area contributed by atoms with Gasteiger partial charge in [-0.15, -0.1) is 0 Å². The van der Waals surface area contributed by atoms with Crippen molar-refractivity contribution in [2.75, 3.05) is 0 Å². The monoisotopic (exact) mass is 273 g/mol. The summed E-state index contributed by atoms with van der Waals surface area (Å²) >= 11 is 0. The first kappa shape index (κ1) is 13.2. The largest absolute Gasteiger partial charge is 0.481 e. The minimum Gasteiger partial charge on any atom is -0.481 e. The number of carboxylic acids is 1. The van der Waals surface area contributed by atoms with Crippen LogP contribution in [0.4, 0.5) is 0 Å². The molecule has 0 aliphatic heterocycles. The zero-order valence-electron chi connectivity index (χ0n) is 11.7. The Labute approximate surface area is 117 Å². The van der Waals surface area contributed by atoms with Gasteiger partial charge < -0.3 is 9.52 Å². The minimum absolute atomic E-state index is 0.165. The molecule has 4 heteroatoms. The van der Waals surface area contributed by atoms with Crippen molar-refractivity contribution in [3.63, 3.8) is 0 Å². The van der Waals surface area contributed by atoms with E-state index in [2.05, 4.69) is 4.98 Å². The Bertz CT molecular complexity index is 638. The van der Waals surface area contributed by atoms with E-state index in [0.29, 0.717) is 12.3 Å². The molecule has 1 heterocycles. The molecule has 4 nitrogen and oxygen atoms in total. The van der Waals surface area contributed by atoms with Crippen LogP contribution in [0.5, 0.6) is 0 Å². The Morgan fingerprint density at radius 1 is 1.40 bits per heavy atom. The zero-order chi connectivity index (χ0) is 14.2. The minimum atomic E-state index is -0.723. The Kier molecular flexibility index (Phi) is 3.24. The molecule has 106 valence electrons. The molecule has 0 atom stereocenters. The average molecular weight is 273 g/mol. The maximum atomic E-state index is 11.1. The summed E-state index contributed by atoms with van der Waals surface area (Å²) in [6, 6.07) is 5.94. The molecule has 1 aromatic carbocycles. The molecule has 20 heavy (non-hydrogen) atoms. The molecule has 0 saturated heterocycles. The van der Waals surface area contributed by atoms with Crippen LogP contribution in [0.1, 0.15) is 43.6 Å². The van der Waals surface area contributed by atoms with Crippen LogP contribution in [0, 0.1) is 12.3 Å². The highest BCUT2D eigenvalue weighted by molar-refractivity contribution is 5.73. The van der Waals surface area contributed by atoms with E-state index in [1.54, 1.807) is 0 Å². The smallest absolute Gasteiger partial charge is 0.303 e. The van der Waals surface area contributed by atoms with Crippen molar-refractivity contribution in [1.82, 2.24) is 4.98 Å². The first-order valence-corrected chi connectivity index (χ1v) is 7.14. The maximum absolute atomic E-state index is 11.1. The van der Waals surface area contributed by atoms with Gasteiger partial charge in [0.1, 0.15) is 5.52 Å². The van der Waals surface area contributed by atoms with Crippen LogP contribution in [0.3, 0.4) is 0 Å². The van der Waals surface area contributed by atoms with Gasteiger partial charge in [-0.25, -0.2) is 4.98 Å². The number of carboxylic acid groups (broad SMARTS) is 1. The normalized spacial score (nSPS) is 17.6. The molecule has 0 unspecified atom stereocenters. The third kappa shape index (κ3) is 2.55. The van der Waals surface area contributed by atoms with E-state index in [9.17, 15) is 4.79 Å². The van der Waals surface area contributed by atoms with E-state index in [1.807, 2.05) is 25.1 Å². The summed E-state index contributed by atoms with van der Waals surface area (Å²) in [5.41, 5.74) is 2.63. The van der Waals surface area contributed by atoms with E-state index in [-0.39, 0.29) is 11.8 Å². The predicted octanol–water partition coefficient (Wildman–Crippen LogP) is 3.71.